The predicted octanol–water partition coefficient (Wildman–Crippen LogP) is 1.85. The van der Waals surface area contributed by atoms with E-state index in [4.69, 9.17) is 22.6 Å². The van der Waals surface area contributed by atoms with Crippen molar-refractivity contribution >= 4 is 22.7 Å². The number of carbonyl (C=O) groups is 1. The van der Waals surface area contributed by atoms with Crippen molar-refractivity contribution in [2.75, 3.05) is 5.73 Å². The van der Waals surface area contributed by atoms with Gasteiger partial charge in [0.15, 0.2) is 0 Å². The van der Waals surface area contributed by atoms with Crippen LogP contribution in [-0.4, -0.2) is 10.2 Å². The third kappa shape index (κ3) is 2.19. The van der Waals surface area contributed by atoms with Crippen molar-refractivity contribution in [2.24, 2.45) is 0 Å². The minimum absolute atomic E-state index is 0.261. The number of alkyl halides is 2. The third-order valence-electron chi connectivity index (χ3n) is 1.59. The highest BCUT2D eigenvalue weighted by atomic mass is 35.5. The normalized spacial score (nSPS) is 10.1. The van der Waals surface area contributed by atoms with Crippen LogP contribution < -0.4 is 5.73 Å². The first-order chi connectivity index (χ1) is 6.97. The molecule has 1 aromatic heterocycles. The van der Waals surface area contributed by atoms with Crippen LogP contribution in [0.3, 0.4) is 0 Å². The standard InChI is InChI=1S/C8H4ClF2N3O/c9-7(15)5-3(2-12)1-4(13)14-6(5)8(10)11/h1,8H,(H2,13,14). The van der Waals surface area contributed by atoms with Crippen LogP contribution in [0.15, 0.2) is 6.07 Å². The van der Waals surface area contributed by atoms with Gasteiger partial charge in [0.25, 0.3) is 11.7 Å². The summed E-state index contributed by atoms with van der Waals surface area (Å²) >= 11 is 5.08. The number of carbonyl (C=O) groups excluding carboxylic acids is 1. The Morgan fingerprint density at radius 2 is 2.27 bits per heavy atom. The highest BCUT2D eigenvalue weighted by Crippen LogP contribution is 2.26. The molecule has 0 radical (unpaired) electrons. The number of nitrogen functional groups attached to an aromatic ring is 1. The number of rotatable bonds is 2. The SMILES string of the molecule is N#Cc1cc(N)nc(C(F)F)c1C(=O)Cl. The van der Waals surface area contributed by atoms with Gasteiger partial charge in [0, 0.05) is 0 Å². The first kappa shape index (κ1) is 11.3. The molecule has 0 aliphatic heterocycles. The summed E-state index contributed by atoms with van der Waals surface area (Å²) in [5, 5.41) is 7.45. The van der Waals surface area contributed by atoms with Crippen LogP contribution in [0.5, 0.6) is 0 Å². The van der Waals surface area contributed by atoms with Gasteiger partial charge in [0.1, 0.15) is 17.6 Å². The lowest BCUT2D eigenvalue weighted by molar-refractivity contribution is 0.106. The van der Waals surface area contributed by atoms with Crippen molar-refractivity contribution in [2.45, 2.75) is 6.43 Å². The average Bonchev–Trinajstić information content (AvgIpc) is 2.15. The van der Waals surface area contributed by atoms with E-state index in [1.54, 1.807) is 6.07 Å². The van der Waals surface area contributed by atoms with Crippen LogP contribution in [0.2, 0.25) is 0 Å². The predicted molar refractivity (Wildman–Crippen MR) is 48.5 cm³/mol. The van der Waals surface area contributed by atoms with E-state index in [9.17, 15) is 13.6 Å². The van der Waals surface area contributed by atoms with Gasteiger partial charge in [-0.05, 0) is 17.7 Å². The van der Waals surface area contributed by atoms with Gasteiger partial charge in [-0.3, -0.25) is 4.79 Å². The minimum Gasteiger partial charge on any atom is -0.384 e. The molecule has 4 nitrogen and oxygen atoms in total. The van der Waals surface area contributed by atoms with Crippen molar-refractivity contribution in [3.63, 3.8) is 0 Å². The lowest BCUT2D eigenvalue weighted by atomic mass is 10.1. The number of hydrogen-bond acceptors (Lipinski definition) is 4. The van der Waals surface area contributed by atoms with E-state index in [1.807, 2.05) is 0 Å². The van der Waals surface area contributed by atoms with E-state index in [0.29, 0.717) is 0 Å². The first-order valence-corrected chi connectivity index (χ1v) is 4.03. The summed E-state index contributed by atoms with van der Waals surface area (Å²) in [5.74, 6) is -0.261. The fourth-order valence-electron chi connectivity index (χ4n) is 1.04. The van der Waals surface area contributed by atoms with Crippen molar-refractivity contribution in [3.05, 3.63) is 22.9 Å². The Kier molecular flexibility index (Phi) is 3.17. The van der Waals surface area contributed by atoms with Gasteiger partial charge in [-0.2, -0.15) is 5.26 Å². The zero-order chi connectivity index (χ0) is 11.6. The Balaban J connectivity index is 3.56. The van der Waals surface area contributed by atoms with Crippen molar-refractivity contribution in [3.8, 4) is 6.07 Å². The molecule has 1 heterocycles. The molecule has 0 saturated carbocycles. The molecule has 1 rings (SSSR count). The molecule has 0 atom stereocenters. The van der Waals surface area contributed by atoms with Crippen LogP contribution >= 0.6 is 11.6 Å². The Hall–Kier alpha value is -1.74. The molecule has 15 heavy (non-hydrogen) atoms. The van der Waals surface area contributed by atoms with Crippen LogP contribution in [-0.2, 0) is 0 Å². The van der Waals surface area contributed by atoms with Gasteiger partial charge >= 0.3 is 0 Å². The summed E-state index contributed by atoms with van der Waals surface area (Å²) in [6.07, 6.45) is -3.02. The second kappa shape index (κ2) is 4.19. The Labute approximate surface area is 88.3 Å². The molecule has 2 N–H and O–H groups in total. The van der Waals surface area contributed by atoms with Gasteiger partial charge in [-0.25, -0.2) is 13.8 Å². The first-order valence-electron chi connectivity index (χ1n) is 3.66. The molecule has 0 fully saturated rings. The number of nitrogens with zero attached hydrogens (tertiary/aromatic N) is 2. The van der Waals surface area contributed by atoms with Gasteiger partial charge < -0.3 is 5.73 Å². The van der Waals surface area contributed by atoms with Crippen LogP contribution in [0, 0.1) is 11.3 Å². The summed E-state index contributed by atoms with van der Waals surface area (Å²) in [5.41, 5.74) is 3.42. The molecular formula is C8H4ClF2N3O. The molecule has 0 bridgehead atoms. The topological polar surface area (TPSA) is 79.8 Å². The maximum atomic E-state index is 12.4. The molecule has 7 heteroatoms. The molecule has 0 amide bonds. The van der Waals surface area contributed by atoms with E-state index >= 15 is 0 Å². The van der Waals surface area contributed by atoms with Crippen molar-refractivity contribution in [1.82, 2.24) is 4.98 Å². The second-order valence-corrected chi connectivity index (χ2v) is 2.88. The molecule has 78 valence electrons. The zero-order valence-corrected chi connectivity index (χ0v) is 7.92. The summed E-state index contributed by atoms with van der Waals surface area (Å²) in [6.45, 7) is 0. The molecule has 0 spiro atoms. The maximum absolute atomic E-state index is 12.4. The van der Waals surface area contributed by atoms with Crippen LogP contribution in [0.25, 0.3) is 0 Å². The van der Waals surface area contributed by atoms with E-state index in [-0.39, 0.29) is 11.4 Å². The quantitative estimate of drug-likeness (QED) is 0.788. The highest BCUT2D eigenvalue weighted by molar-refractivity contribution is 6.68. The maximum Gasteiger partial charge on any atom is 0.281 e. The molecule has 0 saturated heterocycles. The van der Waals surface area contributed by atoms with E-state index in [2.05, 4.69) is 4.98 Å². The lowest BCUT2D eigenvalue weighted by Gasteiger charge is -2.06. The smallest absolute Gasteiger partial charge is 0.281 e. The third-order valence-corrected chi connectivity index (χ3v) is 1.78. The summed E-state index contributed by atoms with van der Waals surface area (Å²) in [6, 6.07) is 2.57. The van der Waals surface area contributed by atoms with Gasteiger partial charge in [-0.15, -0.1) is 0 Å². The fraction of sp³-hybridized carbons (Fsp3) is 0.125. The molecular weight excluding hydrogens is 228 g/mol. The average molecular weight is 232 g/mol. The molecule has 0 aliphatic carbocycles. The van der Waals surface area contributed by atoms with Crippen molar-refractivity contribution < 1.29 is 13.6 Å². The van der Waals surface area contributed by atoms with Crippen molar-refractivity contribution in [1.29, 1.82) is 5.26 Å². The lowest BCUT2D eigenvalue weighted by Crippen LogP contribution is -2.07. The van der Waals surface area contributed by atoms with Gasteiger partial charge in [0.05, 0.1) is 11.1 Å². The zero-order valence-electron chi connectivity index (χ0n) is 7.17. The number of pyridine rings is 1. The summed E-state index contributed by atoms with van der Waals surface area (Å²) in [4.78, 5) is 14.1. The number of hydrogen-bond donors (Lipinski definition) is 1. The summed E-state index contributed by atoms with van der Waals surface area (Å²) in [7, 11) is 0. The van der Waals surface area contributed by atoms with Gasteiger partial charge in [-0.1, -0.05) is 0 Å². The Morgan fingerprint density at radius 3 is 2.67 bits per heavy atom. The number of nitrogens with two attached hydrogens (primary N) is 1. The summed E-state index contributed by atoms with van der Waals surface area (Å²) < 4.78 is 24.9. The highest BCUT2D eigenvalue weighted by Gasteiger charge is 2.23. The monoisotopic (exact) mass is 231 g/mol. The fourth-order valence-corrected chi connectivity index (χ4v) is 1.24. The van der Waals surface area contributed by atoms with Crippen LogP contribution in [0.4, 0.5) is 14.6 Å². The van der Waals surface area contributed by atoms with Gasteiger partial charge in [0.2, 0.25) is 0 Å². The molecule has 0 unspecified atom stereocenters. The Morgan fingerprint density at radius 1 is 1.67 bits per heavy atom. The molecule has 0 aromatic carbocycles. The second-order valence-electron chi connectivity index (χ2n) is 2.54. The van der Waals surface area contributed by atoms with E-state index in [0.717, 1.165) is 6.07 Å². The van der Waals surface area contributed by atoms with E-state index in [1.165, 1.54) is 0 Å². The number of aromatic nitrogens is 1. The van der Waals surface area contributed by atoms with Crippen LogP contribution in [0.1, 0.15) is 28.0 Å². The number of nitriles is 1. The molecule has 0 aliphatic rings. The largest absolute Gasteiger partial charge is 0.384 e. The Bertz CT molecular complexity index is 456. The number of anilines is 1. The minimum atomic E-state index is -3.02. The van der Waals surface area contributed by atoms with E-state index < -0.39 is 22.9 Å². The number of halogens is 3. The molecule has 1 aromatic rings.